The first-order valence-corrected chi connectivity index (χ1v) is 6.65. The van der Waals surface area contributed by atoms with Gasteiger partial charge in [-0.1, -0.05) is 12.1 Å². The number of aryl methyl sites for hydroxylation is 1. The molecule has 1 aromatic carbocycles. The third kappa shape index (κ3) is 4.19. The van der Waals surface area contributed by atoms with Gasteiger partial charge in [0.1, 0.15) is 11.6 Å². The summed E-state index contributed by atoms with van der Waals surface area (Å²) in [5, 5.41) is 0. The molecule has 21 heavy (non-hydrogen) atoms. The predicted molar refractivity (Wildman–Crippen MR) is 77.4 cm³/mol. The van der Waals surface area contributed by atoms with E-state index in [0.29, 0.717) is 12.2 Å². The minimum atomic E-state index is -0.223. The Balaban J connectivity index is 0.00000110. The minimum Gasteiger partial charge on any atom is -0.870 e. The van der Waals surface area contributed by atoms with Crippen LogP contribution in [0, 0.1) is 12.7 Å². The number of fused-ring (bicyclic) bond motifs is 1. The van der Waals surface area contributed by atoms with Gasteiger partial charge in [-0.2, -0.15) is 0 Å². The molecule has 1 N–H and O–H groups in total. The molecular formula is C14H12BrFKN3O. The average Bonchev–Trinajstić information content (AvgIpc) is 2.66. The van der Waals surface area contributed by atoms with Crippen molar-refractivity contribution < 1.29 is 61.3 Å². The van der Waals surface area contributed by atoms with Gasteiger partial charge in [-0.25, -0.2) is 14.4 Å². The van der Waals surface area contributed by atoms with Gasteiger partial charge in [0.05, 0.1) is 5.52 Å². The van der Waals surface area contributed by atoms with E-state index in [9.17, 15) is 4.39 Å². The fourth-order valence-corrected chi connectivity index (χ4v) is 2.43. The number of hydrogen-bond acceptors (Lipinski definition) is 3. The second kappa shape index (κ2) is 7.91. The summed E-state index contributed by atoms with van der Waals surface area (Å²) in [6.45, 7) is 2.51. The van der Waals surface area contributed by atoms with Crippen LogP contribution in [0.25, 0.3) is 11.2 Å². The number of rotatable bonds is 2. The monoisotopic (exact) mass is 375 g/mol. The van der Waals surface area contributed by atoms with E-state index in [0.717, 1.165) is 21.4 Å². The Morgan fingerprint density at radius 3 is 2.76 bits per heavy atom. The molecular weight excluding hydrogens is 364 g/mol. The predicted octanol–water partition coefficient (Wildman–Crippen LogP) is 0.517. The van der Waals surface area contributed by atoms with Gasteiger partial charge in [0.2, 0.25) is 0 Å². The topological polar surface area (TPSA) is 60.7 Å². The molecule has 7 heteroatoms. The Labute approximate surface area is 172 Å². The number of aromatic nitrogens is 3. The van der Waals surface area contributed by atoms with Crippen molar-refractivity contribution in [2.24, 2.45) is 0 Å². The minimum absolute atomic E-state index is 0. The molecule has 0 spiro atoms. The Morgan fingerprint density at radius 1 is 1.29 bits per heavy atom. The van der Waals surface area contributed by atoms with Crippen molar-refractivity contribution in [1.29, 1.82) is 0 Å². The molecule has 0 radical (unpaired) electrons. The van der Waals surface area contributed by atoms with Crippen molar-refractivity contribution in [2.45, 2.75) is 13.5 Å². The van der Waals surface area contributed by atoms with E-state index in [4.69, 9.17) is 0 Å². The Hall–Kier alpha value is -0.154. The maximum absolute atomic E-state index is 13.2. The molecule has 0 aliphatic carbocycles. The van der Waals surface area contributed by atoms with Crippen molar-refractivity contribution >= 4 is 27.1 Å². The van der Waals surface area contributed by atoms with E-state index < -0.39 is 0 Å². The molecule has 4 nitrogen and oxygen atoms in total. The third-order valence-electron chi connectivity index (χ3n) is 2.99. The molecule has 0 saturated carbocycles. The van der Waals surface area contributed by atoms with E-state index in [1.807, 2.05) is 23.6 Å². The van der Waals surface area contributed by atoms with Crippen LogP contribution in [0.1, 0.15) is 11.4 Å². The van der Waals surface area contributed by atoms with Crippen LogP contribution in [0.15, 0.2) is 41.0 Å². The van der Waals surface area contributed by atoms with Crippen LogP contribution in [0.5, 0.6) is 0 Å². The van der Waals surface area contributed by atoms with Crippen LogP contribution in [-0.4, -0.2) is 20.0 Å². The van der Waals surface area contributed by atoms with Gasteiger partial charge >= 0.3 is 51.4 Å². The van der Waals surface area contributed by atoms with Gasteiger partial charge in [-0.05, 0) is 46.6 Å². The zero-order valence-corrected chi connectivity index (χ0v) is 16.4. The number of nitrogens with zero attached hydrogens (tertiary/aromatic N) is 3. The van der Waals surface area contributed by atoms with Crippen LogP contribution in [0.3, 0.4) is 0 Å². The Morgan fingerprint density at radius 2 is 2.05 bits per heavy atom. The molecule has 0 amide bonds. The summed E-state index contributed by atoms with van der Waals surface area (Å²) < 4.78 is 16.2. The molecule has 2 heterocycles. The summed E-state index contributed by atoms with van der Waals surface area (Å²) in [5.74, 6) is 0.642. The molecule has 0 fully saturated rings. The maximum Gasteiger partial charge on any atom is 1.00 e. The fourth-order valence-electron chi connectivity index (χ4n) is 2.11. The molecule has 0 atom stereocenters. The molecule has 0 aliphatic heterocycles. The van der Waals surface area contributed by atoms with Gasteiger partial charge in [0.15, 0.2) is 5.65 Å². The van der Waals surface area contributed by atoms with Crippen molar-refractivity contribution in [3.8, 4) is 0 Å². The van der Waals surface area contributed by atoms with Crippen molar-refractivity contribution in [3.05, 3.63) is 58.2 Å². The smallest absolute Gasteiger partial charge is 0.870 e. The van der Waals surface area contributed by atoms with Crippen LogP contribution in [0.4, 0.5) is 4.39 Å². The second-order valence-corrected chi connectivity index (χ2v) is 5.29. The summed E-state index contributed by atoms with van der Waals surface area (Å²) >= 11 is 3.41. The van der Waals surface area contributed by atoms with Crippen LogP contribution in [0.2, 0.25) is 0 Å². The maximum atomic E-state index is 13.2. The zero-order valence-electron chi connectivity index (χ0n) is 11.7. The Kier molecular flexibility index (Phi) is 7.12. The van der Waals surface area contributed by atoms with Crippen LogP contribution < -0.4 is 51.4 Å². The second-order valence-electron chi connectivity index (χ2n) is 4.37. The summed E-state index contributed by atoms with van der Waals surface area (Å²) in [4.78, 5) is 8.68. The summed E-state index contributed by atoms with van der Waals surface area (Å²) in [6.07, 6.45) is 1.72. The standard InChI is InChI=1S/C14H11BrFN3.K.H2O/c1-9-18-14-13(6-11(15)7-17-14)19(9)8-10-3-2-4-12(16)5-10;;/h2-7H,8H2,1H3;;1H2/q;+1;/p-1. The average molecular weight is 376 g/mol. The van der Waals surface area contributed by atoms with E-state index in [1.165, 1.54) is 12.1 Å². The van der Waals surface area contributed by atoms with Crippen molar-refractivity contribution in [3.63, 3.8) is 0 Å². The van der Waals surface area contributed by atoms with Gasteiger partial charge in [0.25, 0.3) is 0 Å². The van der Waals surface area contributed by atoms with Crippen LogP contribution in [-0.2, 0) is 6.54 Å². The first-order chi connectivity index (χ1) is 9.13. The number of benzene rings is 1. The summed E-state index contributed by atoms with van der Waals surface area (Å²) in [5.41, 5.74) is 2.55. The zero-order chi connectivity index (χ0) is 13.4. The van der Waals surface area contributed by atoms with Crippen LogP contribution >= 0.6 is 15.9 Å². The number of pyridine rings is 1. The molecule has 0 aliphatic rings. The van der Waals surface area contributed by atoms with Gasteiger partial charge in [-0.3, -0.25) is 0 Å². The molecule has 3 aromatic rings. The van der Waals surface area contributed by atoms with E-state index in [-0.39, 0.29) is 62.7 Å². The molecule has 3 rings (SSSR count). The van der Waals surface area contributed by atoms with Gasteiger partial charge < -0.3 is 10.0 Å². The fraction of sp³-hybridized carbons (Fsp3) is 0.143. The normalized spacial score (nSPS) is 10.0. The molecule has 0 unspecified atom stereocenters. The SMILES string of the molecule is Cc1nc2ncc(Br)cc2n1Cc1cccc(F)c1.[K+].[OH-]. The number of hydrogen-bond donors (Lipinski definition) is 0. The van der Waals surface area contributed by atoms with E-state index in [2.05, 4.69) is 25.9 Å². The Bertz CT molecular complexity index is 763. The summed E-state index contributed by atoms with van der Waals surface area (Å²) in [7, 11) is 0. The number of halogens is 2. The van der Waals surface area contributed by atoms with Gasteiger partial charge in [-0.15, -0.1) is 0 Å². The van der Waals surface area contributed by atoms with E-state index in [1.54, 1.807) is 12.3 Å². The summed E-state index contributed by atoms with van der Waals surface area (Å²) in [6, 6.07) is 8.58. The van der Waals surface area contributed by atoms with Gasteiger partial charge in [0, 0.05) is 17.2 Å². The first-order valence-electron chi connectivity index (χ1n) is 5.86. The largest absolute Gasteiger partial charge is 1.00 e. The molecule has 104 valence electrons. The van der Waals surface area contributed by atoms with Crippen molar-refractivity contribution in [2.75, 3.05) is 0 Å². The molecule has 0 bridgehead atoms. The van der Waals surface area contributed by atoms with E-state index >= 15 is 0 Å². The molecule has 0 saturated heterocycles. The van der Waals surface area contributed by atoms with Crippen molar-refractivity contribution in [1.82, 2.24) is 14.5 Å². The third-order valence-corrected chi connectivity index (χ3v) is 3.43. The number of imidazole rings is 1. The molecule has 2 aromatic heterocycles. The quantitative estimate of drug-likeness (QED) is 0.613. The first kappa shape index (κ1) is 18.9.